The normalized spacial score (nSPS) is 50.7. The first-order chi connectivity index (χ1) is 11.0. The average molecular weight is 313 g/mol. The van der Waals surface area contributed by atoms with Crippen LogP contribution in [0.4, 0.5) is 0 Å². The highest BCUT2D eigenvalue weighted by molar-refractivity contribution is 5.70. The predicted octanol–water partition coefficient (Wildman–Crippen LogP) is 4.89. The van der Waals surface area contributed by atoms with Crippen LogP contribution in [0.5, 0.6) is 0 Å². The van der Waals surface area contributed by atoms with E-state index in [2.05, 4.69) is 19.9 Å². The van der Waals surface area contributed by atoms with Crippen molar-refractivity contribution in [1.82, 2.24) is 0 Å². The number of hydrogen-bond donors (Lipinski definition) is 2. The van der Waals surface area contributed by atoms with Gasteiger partial charge in [-0.3, -0.25) is 0 Å². The SMILES string of the molecule is CC12CC/C(=C\C=N)C=C1CCC1C2CCC2(C)C(O)CCC12. The van der Waals surface area contributed by atoms with Gasteiger partial charge in [0.1, 0.15) is 0 Å². The van der Waals surface area contributed by atoms with Crippen LogP contribution in [-0.2, 0) is 0 Å². The Balaban J connectivity index is 1.66. The first-order valence-corrected chi connectivity index (χ1v) is 9.58. The molecule has 0 aromatic heterocycles. The van der Waals surface area contributed by atoms with Crippen LogP contribution in [0.25, 0.3) is 0 Å². The van der Waals surface area contributed by atoms with Gasteiger partial charge in [-0.1, -0.05) is 25.5 Å². The van der Waals surface area contributed by atoms with Crippen molar-refractivity contribution < 1.29 is 5.11 Å². The Kier molecular flexibility index (Phi) is 3.61. The number of rotatable bonds is 1. The predicted molar refractivity (Wildman–Crippen MR) is 94.6 cm³/mol. The third-order valence-electron chi connectivity index (χ3n) is 8.28. The Bertz CT molecular complexity index is 576. The summed E-state index contributed by atoms with van der Waals surface area (Å²) in [6.45, 7) is 4.88. The summed E-state index contributed by atoms with van der Waals surface area (Å²) in [7, 11) is 0. The molecule has 4 aliphatic rings. The van der Waals surface area contributed by atoms with Crippen molar-refractivity contribution in [3.05, 3.63) is 23.3 Å². The van der Waals surface area contributed by atoms with Crippen molar-refractivity contribution in [2.75, 3.05) is 0 Å². The highest BCUT2D eigenvalue weighted by atomic mass is 16.3. The summed E-state index contributed by atoms with van der Waals surface area (Å²) in [4.78, 5) is 0. The molecule has 126 valence electrons. The van der Waals surface area contributed by atoms with E-state index in [1.165, 1.54) is 50.3 Å². The van der Waals surface area contributed by atoms with Crippen molar-refractivity contribution in [2.45, 2.75) is 71.3 Å². The number of aliphatic hydroxyl groups excluding tert-OH is 1. The number of hydrogen-bond acceptors (Lipinski definition) is 2. The second-order valence-corrected chi connectivity index (χ2v) is 9.05. The minimum absolute atomic E-state index is 0.0633. The highest BCUT2D eigenvalue weighted by Gasteiger charge is 2.58. The van der Waals surface area contributed by atoms with Gasteiger partial charge >= 0.3 is 0 Å². The summed E-state index contributed by atoms with van der Waals surface area (Å²) in [5, 5.41) is 17.9. The Morgan fingerprint density at radius 2 is 1.91 bits per heavy atom. The zero-order chi connectivity index (χ0) is 16.2. The standard InChI is InChI=1S/C21H31NO/c1-20-10-7-14(9-12-22)13-15(20)3-4-16-17-5-6-19(23)21(17,2)11-8-18(16)20/h9,12-13,16-19,22-23H,3-8,10-11H2,1-2H3/b14-9+,22-12?. The van der Waals surface area contributed by atoms with E-state index < -0.39 is 0 Å². The molecule has 4 aliphatic carbocycles. The molecule has 4 rings (SSSR count). The molecule has 0 aliphatic heterocycles. The maximum atomic E-state index is 10.5. The molecule has 6 atom stereocenters. The topological polar surface area (TPSA) is 44.1 Å². The average Bonchev–Trinajstić information content (AvgIpc) is 2.84. The molecule has 2 N–H and O–H groups in total. The molecule has 3 saturated carbocycles. The Morgan fingerprint density at radius 1 is 1.09 bits per heavy atom. The molecular formula is C21H31NO. The maximum Gasteiger partial charge on any atom is 0.0596 e. The van der Waals surface area contributed by atoms with Crippen LogP contribution in [0.2, 0.25) is 0 Å². The third-order valence-corrected chi connectivity index (χ3v) is 8.28. The number of allylic oxidation sites excluding steroid dienone is 4. The van der Waals surface area contributed by atoms with Gasteiger partial charge in [0.15, 0.2) is 0 Å². The Hall–Kier alpha value is -0.890. The molecule has 3 fully saturated rings. The van der Waals surface area contributed by atoms with E-state index in [0.29, 0.717) is 5.41 Å². The second kappa shape index (κ2) is 5.31. The summed E-state index contributed by atoms with van der Waals surface area (Å²) in [5.41, 5.74) is 3.57. The fourth-order valence-corrected chi connectivity index (χ4v) is 6.82. The van der Waals surface area contributed by atoms with E-state index in [9.17, 15) is 5.11 Å². The van der Waals surface area contributed by atoms with E-state index in [1.807, 2.05) is 6.08 Å². The largest absolute Gasteiger partial charge is 0.393 e. The Labute approximate surface area is 140 Å². The zero-order valence-corrected chi connectivity index (χ0v) is 14.6. The highest BCUT2D eigenvalue weighted by Crippen LogP contribution is 2.65. The van der Waals surface area contributed by atoms with E-state index in [1.54, 1.807) is 5.57 Å². The van der Waals surface area contributed by atoms with Gasteiger partial charge in [-0.2, -0.15) is 0 Å². The summed E-state index contributed by atoms with van der Waals surface area (Å²) >= 11 is 0. The molecule has 0 saturated heterocycles. The monoisotopic (exact) mass is 313 g/mol. The fraction of sp³-hybridized carbons (Fsp3) is 0.762. The van der Waals surface area contributed by atoms with Gasteiger partial charge in [0, 0.05) is 6.21 Å². The van der Waals surface area contributed by atoms with Crippen LogP contribution in [0.15, 0.2) is 23.3 Å². The summed E-state index contributed by atoms with van der Waals surface area (Å²) < 4.78 is 0. The third kappa shape index (κ3) is 2.13. The van der Waals surface area contributed by atoms with Crippen molar-refractivity contribution in [3.63, 3.8) is 0 Å². The molecule has 23 heavy (non-hydrogen) atoms. The van der Waals surface area contributed by atoms with Crippen LogP contribution < -0.4 is 0 Å². The van der Waals surface area contributed by atoms with E-state index in [-0.39, 0.29) is 11.5 Å². The van der Waals surface area contributed by atoms with Gasteiger partial charge in [-0.15, -0.1) is 0 Å². The van der Waals surface area contributed by atoms with Crippen LogP contribution >= 0.6 is 0 Å². The zero-order valence-electron chi connectivity index (χ0n) is 14.6. The van der Waals surface area contributed by atoms with Crippen LogP contribution in [-0.4, -0.2) is 17.4 Å². The van der Waals surface area contributed by atoms with Crippen molar-refractivity contribution in [3.8, 4) is 0 Å². The van der Waals surface area contributed by atoms with Crippen LogP contribution in [0, 0.1) is 34.0 Å². The number of fused-ring (bicyclic) bond motifs is 5. The van der Waals surface area contributed by atoms with Crippen LogP contribution in [0.3, 0.4) is 0 Å². The molecule has 0 radical (unpaired) electrons. The van der Waals surface area contributed by atoms with Gasteiger partial charge in [0.25, 0.3) is 0 Å². The molecule has 0 aromatic carbocycles. The lowest BCUT2D eigenvalue weighted by Gasteiger charge is -2.58. The number of nitrogens with one attached hydrogen (secondary N) is 1. The van der Waals surface area contributed by atoms with Gasteiger partial charge in [-0.05, 0) is 91.6 Å². The van der Waals surface area contributed by atoms with Crippen molar-refractivity contribution >= 4 is 6.21 Å². The fourth-order valence-electron chi connectivity index (χ4n) is 6.82. The lowest BCUT2D eigenvalue weighted by Crippen LogP contribution is -2.50. The number of aliphatic hydroxyl groups is 1. The Morgan fingerprint density at radius 3 is 2.70 bits per heavy atom. The minimum Gasteiger partial charge on any atom is -0.393 e. The quantitative estimate of drug-likeness (QED) is 0.665. The van der Waals surface area contributed by atoms with Crippen molar-refractivity contribution in [1.29, 1.82) is 5.41 Å². The molecule has 0 amide bonds. The molecule has 0 heterocycles. The lowest BCUT2D eigenvalue weighted by molar-refractivity contribution is -0.0727. The van der Waals surface area contributed by atoms with Gasteiger partial charge in [0.2, 0.25) is 0 Å². The molecule has 0 aromatic rings. The first kappa shape index (κ1) is 15.6. The minimum atomic E-state index is -0.0633. The molecule has 0 spiro atoms. The second-order valence-electron chi connectivity index (χ2n) is 9.05. The smallest absolute Gasteiger partial charge is 0.0596 e. The van der Waals surface area contributed by atoms with Crippen molar-refractivity contribution in [2.24, 2.45) is 28.6 Å². The van der Waals surface area contributed by atoms with Crippen LogP contribution in [0.1, 0.15) is 65.2 Å². The summed E-state index contributed by atoms with van der Waals surface area (Å²) in [6, 6.07) is 0. The van der Waals surface area contributed by atoms with Gasteiger partial charge in [-0.25, -0.2) is 0 Å². The van der Waals surface area contributed by atoms with E-state index in [4.69, 9.17) is 5.41 Å². The van der Waals surface area contributed by atoms with E-state index in [0.717, 1.165) is 30.6 Å². The van der Waals surface area contributed by atoms with Gasteiger partial charge in [0.05, 0.1) is 6.10 Å². The molecule has 0 bridgehead atoms. The molecule has 2 heteroatoms. The summed E-state index contributed by atoms with van der Waals surface area (Å²) in [5.74, 6) is 2.38. The van der Waals surface area contributed by atoms with E-state index >= 15 is 0 Å². The molecular weight excluding hydrogens is 282 g/mol. The molecule has 6 unspecified atom stereocenters. The van der Waals surface area contributed by atoms with Gasteiger partial charge < -0.3 is 10.5 Å². The maximum absolute atomic E-state index is 10.5. The lowest BCUT2D eigenvalue weighted by atomic mass is 9.47. The molecule has 2 nitrogen and oxygen atoms in total. The summed E-state index contributed by atoms with van der Waals surface area (Å²) in [6.07, 6.45) is 15.5. The first-order valence-electron chi connectivity index (χ1n) is 9.58.